The minimum absolute atomic E-state index is 0.781. The van der Waals surface area contributed by atoms with Gasteiger partial charge in [-0.3, -0.25) is 4.90 Å². The van der Waals surface area contributed by atoms with Gasteiger partial charge in [-0.1, -0.05) is 18.2 Å². The molecule has 24 heavy (non-hydrogen) atoms. The number of nitrogens with zero attached hydrogens (tertiary/aromatic N) is 4. The lowest BCUT2D eigenvalue weighted by molar-refractivity contribution is 0.147. The van der Waals surface area contributed by atoms with Crippen molar-refractivity contribution in [3.05, 3.63) is 54.4 Å². The number of imidazole rings is 1. The summed E-state index contributed by atoms with van der Waals surface area (Å²) < 4.78 is 2.21. The highest BCUT2D eigenvalue weighted by atomic mass is 15.3. The predicted octanol–water partition coefficient (Wildman–Crippen LogP) is 2.33. The summed E-state index contributed by atoms with van der Waals surface area (Å²) in [6, 6.07) is 14.2. The molecular weight excluding hydrogens is 298 g/mol. The Labute approximate surface area is 142 Å². The molecule has 0 radical (unpaired) electrons. The van der Waals surface area contributed by atoms with Crippen LogP contribution in [0.4, 0.5) is 5.69 Å². The Hall–Kier alpha value is -2.37. The van der Waals surface area contributed by atoms with Crippen LogP contribution in [0.3, 0.4) is 0 Å². The van der Waals surface area contributed by atoms with Gasteiger partial charge in [-0.2, -0.15) is 0 Å². The van der Waals surface area contributed by atoms with Crippen molar-refractivity contribution in [3.8, 4) is 11.3 Å². The molecule has 0 amide bonds. The molecule has 3 aromatic rings. The first-order valence-electron chi connectivity index (χ1n) is 8.43. The van der Waals surface area contributed by atoms with E-state index in [-0.39, 0.29) is 0 Å². The lowest BCUT2D eigenvalue weighted by atomic mass is 10.1. The van der Waals surface area contributed by atoms with Gasteiger partial charge in [-0.25, -0.2) is 4.98 Å². The number of pyridine rings is 1. The number of hydrogen-bond donors (Lipinski definition) is 1. The van der Waals surface area contributed by atoms with E-state index >= 15 is 0 Å². The average Bonchev–Trinajstić information content (AvgIpc) is 2.96. The molecule has 5 heteroatoms. The highest BCUT2D eigenvalue weighted by molar-refractivity contribution is 5.68. The number of rotatable bonds is 3. The summed E-state index contributed by atoms with van der Waals surface area (Å²) >= 11 is 0. The van der Waals surface area contributed by atoms with E-state index in [1.165, 1.54) is 5.69 Å². The van der Waals surface area contributed by atoms with Crippen LogP contribution in [0, 0.1) is 0 Å². The van der Waals surface area contributed by atoms with Crippen molar-refractivity contribution in [2.45, 2.75) is 6.54 Å². The van der Waals surface area contributed by atoms with Crippen LogP contribution in [0.25, 0.3) is 16.9 Å². The van der Waals surface area contributed by atoms with E-state index in [1.54, 1.807) is 0 Å². The average molecular weight is 321 g/mol. The number of nitrogens with two attached hydrogens (primary N) is 1. The third-order valence-corrected chi connectivity index (χ3v) is 4.78. The van der Waals surface area contributed by atoms with Crippen LogP contribution in [0.15, 0.2) is 48.7 Å². The zero-order valence-corrected chi connectivity index (χ0v) is 14.0. The topological polar surface area (TPSA) is 49.8 Å². The Morgan fingerprint density at radius 1 is 1.00 bits per heavy atom. The second kappa shape index (κ2) is 6.26. The number of piperazine rings is 1. The molecule has 5 nitrogen and oxygen atoms in total. The van der Waals surface area contributed by atoms with Crippen LogP contribution in [-0.4, -0.2) is 52.4 Å². The largest absolute Gasteiger partial charge is 0.399 e. The molecule has 124 valence electrons. The quantitative estimate of drug-likeness (QED) is 0.752. The van der Waals surface area contributed by atoms with Crippen LogP contribution >= 0.6 is 0 Å². The number of likely N-dealkylation sites (N-methyl/N-ethyl adjacent to an activating group) is 1. The molecule has 0 atom stereocenters. The summed E-state index contributed by atoms with van der Waals surface area (Å²) in [6.45, 7) is 5.34. The van der Waals surface area contributed by atoms with Gasteiger partial charge in [0.1, 0.15) is 5.65 Å². The van der Waals surface area contributed by atoms with Gasteiger partial charge in [-0.05, 0) is 31.3 Å². The summed E-state index contributed by atoms with van der Waals surface area (Å²) in [4.78, 5) is 9.77. The van der Waals surface area contributed by atoms with E-state index < -0.39 is 0 Å². The first-order valence-corrected chi connectivity index (χ1v) is 8.43. The number of anilines is 1. The first kappa shape index (κ1) is 15.2. The summed E-state index contributed by atoms with van der Waals surface area (Å²) in [6.07, 6.45) is 2.11. The smallest absolute Gasteiger partial charge is 0.137 e. The summed E-state index contributed by atoms with van der Waals surface area (Å²) in [7, 11) is 2.19. The van der Waals surface area contributed by atoms with Gasteiger partial charge >= 0.3 is 0 Å². The number of benzene rings is 1. The standard InChI is InChI=1S/C19H23N5/c1-22-10-12-23(13-11-22)14-17-19(15-5-7-16(20)8-6-15)21-18-4-2-3-9-24(17)18/h2-9H,10-14,20H2,1H3. The fraction of sp³-hybridized carbons (Fsp3) is 0.316. The molecule has 1 aromatic carbocycles. The molecule has 4 rings (SSSR count). The zero-order chi connectivity index (χ0) is 16.5. The van der Waals surface area contributed by atoms with E-state index in [9.17, 15) is 0 Å². The Kier molecular flexibility index (Phi) is 3.96. The van der Waals surface area contributed by atoms with E-state index in [2.05, 4.69) is 51.7 Å². The Balaban J connectivity index is 1.74. The predicted molar refractivity (Wildman–Crippen MR) is 97.8 cm³/mol. The maximum atomic E-state index is 5.84. The number of nitrogen functional groups attached to an aromatic ring is 1. The van der Waals surface area contributed by atoms with Gasteiger partial charge in [0, 0.05) is 50.2 Å². The summed E-state index contributed by atoms with van der Waals surface area (Å²) in [5.74, 6) is 0. The Bertz CT molecular complexity index is 829. The molecule has 2 N–H and O–H groups in total. The van der Waals surface area contributed by atoms with Gasteiger partial charge in [0.05, 0.1) is 11.4 Å². The lowest BCUT2D eigenvalue weighted by Crippen LogP contribution is -2.44. The zero-order valence-electron chi connectivity index (χ0n) is 14.0. The Morgan fingerprint density at radius 2 is 1.75 bits per heavy atom. The van der Waals surface area contributed by atoms with Crippen molar-refractivity contribution < 1.29 is 0 Å². The minimum atomic E-state index is 0.781. The fourth-order valence-corrected chi connectivity index (χ4v) is 3.29. The van der Waals surface area contributed by atoms with Crippen LogP contribution < -0.4 is 5.73 Å². The van der Waals surface area contributed by atoms with Crippen molar-refractivity contribution in [2.75, 3.05) is 39.0 Å². The highest BCUT2D eigenvalue weighted by Gasteiger charge is 2.19. The maximum Gasteiger partial charge on any atom is 0.137 e. The lowest BCUT2D eigenvalue weighted by Gasteiger charge is -2.32. The van der Waals surface area contributed by atoms with E-state index in [0.717, 1.165) is 55.3 Å². The van der Waals surface area contributed by atoms with Crippen molar-refractivity contribution in [1.82, 2.24) is 19.2 Å². The molecule has 0 spiro atoms. The normalized spacial score (nSPS) is 16.7. The SMILES string of the molecule is CN1CCN(Cc2c(-c3ccc(N)cc3)nc3ccccn23)CC1. The van der Waals surface area contributed by atoms with Crippen molar-refractivity contribution >= 4 is 11.3 Å². The molecule has 1 aliphatic heterocycles. The van der Waals surface area contributed by atoms with E-state index in [4.69, 9.17) is 10.7 Å². The molecule has 0 bridgehead atoms. The second-order valence-electron chi connectivity index (χ2n) is 6.54. The Morgan fingerprint density at radius 3 is 2.50 bits per heavy atom. The number of hydrogen-bond acceptors (Lipinski definition) is 4. The van der Waals surface area contributed by atoms with E-state index in [1.807, 2.05) is 18.2 Å². The number of fused-ring (bicyclic) bond motifs is 1. The molecule has 1 fully saturated rings. The minimum Gasteiger partial charge on any atom is -0.399 e. The van der Waals surface area contributed by atoms with E-state index in [0.29, 0.717) is 0 Å². The van der Waals surface area contributed by atoms with Gasteiger partial charge < -0.3 is 15.0 Å². The van der Waals surface area contributed by atoms with Crippen molar-refractivity contribution in [1.29, 1.82) is 0 Å². The second-order valence-corrected chi connectivity index (χ2v) is 6.54. The van der Waals surface area contributed by atoms with Crippen LogP contribution in [0.5, 0.6) is 0 Å². The fourth-order valence-electron chi connectivity index (χ4n) is 3.29. The van der Waals surface area contributed by atoms with Crippen LogP contribution in [-0.2, 0) is 6.54 Å². The third kappa shape index (κ3) is 2.88. The molecule has 3 heterocycles. The molecule has 0 unspecified atom stereocenters. The maximum absolute atomic E-state index is 5.84. The van der Waals surface area contributed by atoms with Crippen molar-refractivity contribution in [2.24, 2.45) is 0 Å². The van der Waals surface area contributed by atoms with Gasteiger partial charge in [0.15, 0.2) is 0 Å². The van der Waals surface area contributed by atoms with Crippen molar-refractivity contribution in [3.63, 3.8) is 0 Å². The van der Waals surface area contributed by atoms with Crippen LogP contribution in [0.1, 0.15) is 5.69 Å². The number of aromatic nitrogens is 2. The van der Waals surface area contributed by atoms with Gasteiger partial charge in [-0.15, -0.1) is 0 Å². The van der Waals surface area contributed by atoms with Gasteiger partial charge in [0.2, 0.25) is 0 Å². The summed E-state index contributed by atoms with van der Waals surface area (Å²) in [5.41, 5.74) is 11.0. The first-order chi connectivity index (χ1) is 11.7. The molecule has 2 aromatic heterocycles. The molecule has 1 aliphatic rings. The van der Waals surface area contributed by atoms with Crippen LogP contribution in [0.2, 0.25) is 0 Å². The molecule has 0 saturated carbocycles. The van der Waals surface area contributed by atoms with Gasteiger partial charge in [0.25, 0.3) is 0 Å². The molecular formula is C19H23N5. The molecule has 1 saturated heterocycles. The third-order valence-electron chi connectivity index (χ3n) is 4.78. The highest BCUT2D eigenvalue weighted by Crippen LogP contribution is 2.26. The molecule has 0 aliphatic carbocycles. The monoisotopic (exact) mass is 321 g/mol. The summed E-state index contributed by atoms with van der Waals surface area (Å²) in [5, 5.41) is 0.